The minimum atomic E-state index is -0.986. The molecule has 25 heavy (non-hydrogen) atoms. The molecule has 0 atom stereocenters. The summed E-state index contributed by atoms with van der Waals surface area (Å²) in [6.07, 6.45) is 8.10. The monoisotopic (exact) mass is 336 g/mol. The summed E-state index contributed by atoms with van der Waals surface area (Å²) in [6.45, 7) is 0.904. The van der Waals surface area contributed by atoms with E-state index in [1.54, 1.807) is 0 Å². The van der Waals surface area contributed by atoms with Gasteiger partial charge < -0.3 is 10.4 Å². The number of nitrogens with zero attached hydrogens (tertiary/aromatic N) is 3. The van der Waals surface area contributed by atoms with Gasteiger partial charge in [-0.05, 0) is 37.0 Å². The molecule has 0 spiro atoms. The molecule has 1 fully saturated rings. The fourth-order valence-electron chi connectivity index (χ4n) is 3.60. The van der Waals surface area contributed by atoms with Crippen molar-refractivity contribution in [3.63, 3.8) is 0 Å². The van der Waals surface area contributed by atoms with Gasteiger partial charge in [0.1, 0.15) is 0 Å². The highest BCUT2D eigenvalue weighted by atomic mass is 16.4. The molecule has 0 saturated heterocycles. The van der Waals surface area contributed by atoms with Crippen LogP contribution in [0.25, 0.3) is 10.9 Å². The van der Waals surface area contributed by atoms with Crippen molar-refractivity contribution in [2.75, 3.05) is 5.32 Å². The summed E-state index contributed by atoms with van der Waals surface area (Å²) in [4.78, 5) is 15.5. The molecular weight excluding hydrogens is 316 g/mol. The number of para-hydroxylation sites is 1. The first-order valence-electron chi connectivity index (χ1n) is 8.62. The Morgan fingerprint density at radius 1 is 1.24 bits per heavy atom. The van der Waals surface area contributed by atoms with E-state index in [0.717, 1.165) is 17.4 Å². The lowest BCUT2D eigenvalue weighted by Crippen LogP contribution is -2.09. The van der Waals surface area contributed by atoms with E-state index >= 15 is 0 Å². The van der Waals surface area contributed by atoms with Gasteiger partial charge in [-0.2, -0.15) is 5.10 Å². The molecule has 0 radical (unpaired) electrons. The van der Waals surface area contributed by atoms with E-state index in [2.05, 4.69) is 16.4 Å². The maximum absolute atomic E-state index is 11.4. The first kappa shape index (κ1) is 15.6. The van der Waals surface area contributed by atoms with Crippen LogP contribution in [0, 0.1) is 5.92 Å². The number of fused-ring (bicyclic) bond motifs is 1. The predicted molar refractivity (Wildman–Crippen MR) is 96.2 cm³/mol. The molecular formula is C19H20N4O2. The Bertz CT molecular complexity index is 913. The quantitative estimate of drug-likeness (QED) is 0.734. The summed E-state index contributed by atoms with van der Waals surface area (Å²) >= 11 is 0. The Hall–Kier alpha value is -2.89. The van der Waals surface area contributed by atoms with Crippen LogP contribution in [0.4, 0.5) is 11.5 Å². The van der Waals surface area contributed by atoms with Crippen LogP contribution < -0.4 is 5.32 Å². The molecule has 0 amide bonds. The van der Waals surface area contributed by atoms with Crippen molar-refractivity contribution in [3.8, 4) is 0 Å². The number of nitrogens with one attached hydrogen (secondary N) is 1. The van der Waals surface area contributed by atoms with Crippen LogP contribution in [0.3, 0.4) is 0 Å². The average Bonchev–Trinajstić information content (AvgIpc) is 3.25. The van der Waals surface area contributed by atoms with E-state index in [0.29, 0.717) is 17.4 Å². The predicted octanol–water partition coefficient (Wildman–Crippen LogP) is 4.06. The lowest BCUT2D eigenvalue weighted by molar-refractivity contribution is 0.0698. The summed E-state index contributed by atoms with van der Waals surface area (Å²) in [6, 6.07) is 9.53. The van der Waals surface area contributed by atoms with Gasteiger partial charge in [0, 0.05) is 18.1 Å². The Labute approximate surface area is 145 Å². The summed E-state index contributed by atoms with van der Waals surface area (Å²) < 4.78 is 2.05. The zero-order valence-corrected chi connectivity index (χ0v) is 13.9. The molecule has 1 saturated carbocycles. The molecule has 2 aromatic heterocycles. The third-order valence-electron chi connectivity index (χ3n) is 4.87. The van der Waals surface area contributed by atoms with Gasteiger partial charge in [0.05, 0.1) is 23.0 Å². The minimum absolute atomic E-state index is 0.185. The van der Waals surface area contributed by atoms with Gasteiger partial charge in [-0.3, -0.25) is 9.67 Å². The lowest BCUT2D eigenvalue weighted by atomic mass is 10.1. The molecule has 1 aromatic carbocycles. The Morgan fingerprint density at radius 2 is 2.04 bits per heavy atom. The highest BCUT2D eigenvalue weighted by Crippen LogP contribution is 2.31. The molecule has 2 N–H and O–H groups in total. The van der Waals surface area contributed by atoms with E-state index in [-0.39, 0.29) is 5.56 Å². The number of aromatic nitrogens is 3. The summed E-state index contributed by atoms with van der Waals surface area (Å²) in [5.74, 6) is 0.354. The first-order chi connectivity index (χ1) is 12.2. The maximum atomic E-state index is 11.4. The van der Waals surface area contributed by atoms with Crippen LogP contribution in [0.2, 0.25) is 0 Å². The summed E-state index contributed by atoms with van der Waals surface area (Å²) in [5.41, 5.74) is 1.70. The van der Waals surface area contributed by atoms with E-state index in [9.17, 15) is 9.90 Å². The highest BCUT2D eigenvalue weighted by molar-refractivity contribution is 5.97. The number of hydrogen-bond donors (Lipinski definition) is 2. The highest BCUT2D eigenvalue weighted by Gasteiger charge is 2.19. The third-order valence-corrected chi connectivity index (χ3v) is 4.87. The van der Waals surface area contributed by atoms with Crippen LogP contribution in [0.5, 0.6) is 0 Å². The van der Waals surface area contributed by atoms with Crippen molar-refractivity contribution in [1.82, 2.24) is 14.8 Å². The van der Waals surface area contributed by atoms with Crippen LogP contribution in [0.1, 0.15) is 36.0 Å². The number of carboxylic acid groups (broad SMARTS) is 1. The molecule has 3 aromatic rings. The molecule has 128 valence electrons. The second-order valence-corrected chi connectivity index (χ2v) is 6.55. The molecule has 2 heterocycles. The number of carboxylic acids is 1. The number of aromatic carboxylic acids is 1. The van der Waals surface area contributed by atoms with Gasteiger partial charge in [-0.15, -0.1) is 0 Å². The average molecular weight is 336 g/mol. The number of hydrogen-bond acceptors (Lipinski definition) is 4. The Kier molecular flexibility index (Phi) is 4.09. The van der Waals surface area contributed by atoms with Crippen molar-refractivity contribution < 1.29 is 9.90 Å². The van der Waals surface area contributed by atoms with Gasteiger partial charge >= 0.3 is 5.97 Å². The number of anilines is 2. The van der Waals surface area contributed by atoms with Gasteiger partial charge in [0.2, 0.25) is 0 Å². The van der Waals surface area contributed by atoms with Crippen LogP contribution in [-0.2, 0) is 6.54 Å². The molecule has 6 nitrogen and oxygen atoms in total. The summed E-state index contributed by atoms with van der Waals surface area (Å²) in [5, 5.41) is 18.2. The molecule has 1 aliphatic rings. The van der Waals surface area contributed by atoms with Crippen LogP contribution in [0.15, 0.2) is 42.7 Å². The van der Waals surface area contributed by atoms with Crippen LogP contribution >= 0.6 is 0 Å². The number of carbonyl (C=O) groups is 1. The molecule has 4 rings (SSSR count). The van der Waals surface area contributed by atoms with Gasteiger partial charge in [0.15, 0.2) is 5.82 Å². The fraction of sp³-hybridized carbons (Fsp3) is 0.316. The molecule has 6 heteroatoms. The van der Waals surface area contributed by atoms with E-state index in [1.165, 1.54) is 44.1 Å². The zero-order chi connectivity index (χ0) is 17.2. The van der Waals surface area contributed by atoms with Gasteiger partial charge in [0.25, 0.3) is 0 Å². The SMILES string of the molecule is O=C(O)c1ccncc1Nc1nn(CC2CCCC2)c2ccccc12. The maximum Gasteiger partial charge on any atom is 0.337 e. The first-order valence-corrected chi connectivity index (χ1v) is 8.62. The second kappa shape index (κ2) is 6.55. The van der Waals surface area contributed by atoms with E-state index in [4.69, 9.17) is 5.10 Å². The molecule has 0 bridgehead atoms. The van der Waals surface area contributed by atoms with Crippen molar-refractivity contribution in [2.24, 2.45) is 5.92 Å². The van der Waals surface area contributed by atoms with Gasteiger partial charge in [-0.25, -0.2) is 4.79 Å². The second-order valence-electron chi connectivity index (χ2n) is 6.55. The molecule has 0 aliphatic heterocycles. The minimum Gasteiger partial charge on any atom is -0.478 e. The smallest absolute Gasteiger partial charge is 0.337 e. The van der Waals surface area contributed by atoms with E-state index < -0.39 is 5.97 Å². The number of rotatable bonds is 5. The molecule has 0 unspecified atom stereocenters. The largest absolute Gasteiger partial charge is 0.478 e. The number of benzene rings is 1. The van der Waals surface area contributed by atoms with Gasteiger partial charge in [-0.1, -0.05) is 25.0 Å². The lowest BCUT2D eigenvalue weighted by Gasteiger charge is -2.10. The van der Waals surface area contributed by atoms with Crippen molar-refractivity contribution in [3.05, 3.63) is 48.3 Å². The fourth-order valence-corrected chi connectivity index (χ4v) is 3.60. The molecule has 1 aliphatic carbocycles. The normalized spacial score (nSPS) is 14.9. The standard InChI is InChI=1S/C19H20N4O2/c24-19(25)14-9-10-20-11-16(14)21-18-15-7-3-4-8-17(15)23(22-18)12-13-5-1-2-6-13/h3-4,7-11,13H,1-2,5-6,12H2,(H,21,22)(H,24,25). The van der Waals surface area contributed by atoms with E-state index in [1.807, 2.05) is 22.9 Å². The Morgan fingerprint density at radius 3 is 2.84 bits per heavy atom. The summed E-state index contributed by atoms with van der Waals surface area (Å²) in [7, 11) is 0. The van der Waals surface area contributed by atoms with Crippen LogP contribution in [-0.4, -0.2) is 25.8 Å². The van der Waals surface area contributed by atoms with Crippen molar-refractivity contribution in [2.45, 2.75) is 32.2 Å². The number of pyridine rings is 1. The zero-order valence-electron chi connectivity index (χ0n) is 13.9. The third kappa shape index (κ3) is 3.07. The Balaban J connectivity index is 1.71. The van der Waals surface area contributed by atoms with Crippen molar-refractivity contribution >= 4 is 28.4 Å². The topological polar surface area (TPSA) is 80.0 Å². The van der Waals surface area contributed by atoms with Crippen molar-refractivity contribution in [1.29, 1.82) is 0 Å².